The number of halogens is 3. The van der Waals surface area contributed by atoms with E-state index in [1.54, 1.807) is 63.4 Å². The zero-order chi connectivity index (χ0) is 28.4. The molecule has 11 heteroatoms. The maximum Gasteiger partial charge on any atom is 0.416 e. The summed E-state index contributed by atoms with van der Waals surface area (Å²) in [7, 11) is 2.89. The molecule has 0 aliphatic carbocycles. The summed E-state index contributed by atoms with van der Waals surface area (Å²) in [6, 6.07) is 18.3. The third kappa shape index (κ3) is 7.91. The summed E-state index contributed by atoms with van der Waals surface area (Å²) in [5, 5.41) is 12.6. The molecule has 0 aliphatic rings. The Kier molecular flexibility index (Phi) is 9.80. The van der Waals surface area contributed by atoms with Crippen molar-refractivity contribution in [3.05, 3.63) is 89.5 Å². The number of hydrogen-bond donors (Lipinski definition) is 0. The molecule has 0 spiro atoms. The van der Waals surface area contributed by atoms with Gasteiger partial charge in [-0.25, -0.2) is 4.79 Å². The summed E-state index contributed by atoms with van der Waals surface area (Å²) >= 11 is 0. The molecule has 0 bridgehead atoms. The number of benzene rings is 3. The van der Waals surface area contributed by atoms with E-state index in [0.29, 0.717) is 40.6 Å². The smallest absolute Gasteiger partial charge is 0.416 e. The number of hydrogen-bond acceptors (Lipinski definition) is 7. The largest absolute Gasteiger partial charge is 0.457 e. The van der Waals surface area contributed by atoms with Gasteiger partial charge >= 0.3 is 12.3 Å². The first-order chi connectivity index (χ1) is 18.6. The van der Waals surface area contributed by atoms with Crippen molar-refractivity contribution in [1.29, 1.82) is 0 Å². The first-order valence-electron chi connectivity index (χ1n) is 11.8. The molecule has 3 aromatic rings. The summed E-state index contributed by atoms with van der Waals surface area (Å²) in [6.07, 6.45) is -3.42. The van der Waals surface area contributed by atoms with Crippen molar-refractivity contribution in [2.45, 2.75) is 20.0 Å². The zero-order valence-electron chi connectivity index (χ0n) is 21.8. The van der Waals surface area contributed by atoms with Crippen molar-refractivity contribution >= 4 is 29.4 Å². The Morgan fingerprint density at radius 3 is 2.18 bits per heavy atom. The average molecular weight is 541 g/mol. The van der Waals surface area contributed by atoms with Gasteiger partial charge < -0.3 is 14.3 Å². The first kappa shape index (κ1) is 28.9. The van der Waals surface area contributed by atoms with Crippen LogP contribution < -0.4 is 9.64 Å². The number of ether oxygens (including phenoxy) is 2. The molecule has 0 N–H and O–H groups in total. The van der Waals surface area contributed by atoms with Crippen LogP contribution in [0.25, 0.3) is 0 Å². The molecule has 0 unspecified atom stereocenters. The topological polar surface area (TPSA) is 85.1 Å². The molecule has 0 aromatic heterocycles. The van der Waals surface area contributed by atoms with Crippen molar-refractivity contribution in [3.63, 3.8) is 0 Å². The maximum absolute atomic E-state index is 12.8. The molecule has 0 radical (unpaired) electrons. The number of carbonyl (C=O) groups excluding carboxylic acids is 1. The van der Waals surface area contributed by atoms with Crippen molar-refractivity contribution in [2.24, 2.45) is 15.4 Å². The minimum atomic E-state index is -4.41. The highest BCUT2D eigenvalue weighted by Gasteiger charge is 2.30. The van der Waals surface area contributed by atoms with Gasteiger partial charge in [0.2, 0.25) is 0 Å². The molecule has 1 amide bonds. The van der Waals surface area contributed by atoms with E-state index in [4.69, 9.17) is 14.3 Å². The van der Waals surface area contributed by atoms with Crippen LogP contribution in [0, 0.1) is 0 Å². The molecular formula is C28H27F3N4O4. The second-order valence-electron chi connectivity index (χ2n) is 8.02. The van der Waals surface area contributed by atoms with Crippen LogP contribution in [0.1, 0.15) is 30.5 Å². The fourth-order valence-electron chi connectivity index (χ4n) is 3.35. The normalized spacial score (nSPS) is 12.4. The van der Waals surface area contributed by atoms with Gasteiger partial charge in [-0.2, -0.15) is 23.4 Å². The molecule has 204 valence electrons. The fraction of sp³-hybridized carbons (Fsp3) is 0.214. The molecule has 0 aliphatic heterocycles. The molecule has 3 rings (SSSR count). The number of rotatable bonds is 9. The number of anilines is 1. The van der Waals surface area contributed by atoms with Crippen molar-refractivity contribution in [3.8, 4) is 11.5 Å². The van der Waals surface area contributed by atoms with E-state index in [2.05, 4.69) is 15.4 Å². The second-order valence-corrected chi connectivity index (χ2v) is 8.02. The van der Waals surface area contributed by atoms with Gasteiger partial charge in [-0.1, -0.05) is 23.4 Å². The third-order valence-corrected chi connectivity index (χ3v) is 5.32. The Morgan fingerprint density at radius 1 is 0.974 bits per heavy atom. The lowest BCUT2D eigenvalue weighted by Gasteiger charge is -2.17. The lowest BCUT2D eigenvalue weighted by Crippen LogP contribution is -2.26. The van der Waals surface area contributed by atoms with E-state index in [-0.39, 0.29) is 5.75 Å². The Bertz CT molecular complexity index is 1350. The van der Waals surface area contributed by atoms with E-state index in [9.17, 15) is 18.0 Å². The molecule has 39 heavy (non-hydrogen) atoms. The van der Waals surface area contributed by atoms with Gasteiger partial charge in [0.1, 0.15) is 23.8 Å². The second kappa shape index (κ2) is 13.2. The van der Waals surface area contributed by atoms with E-state index in [1.165, 1.54) is 30.4 Å². The number of methoxy groups -OCH3 is 1. The quantitative estimate of drug-likeness (QED) is 0.217. The zero-order valence-corrected chi connectivity index (χ0v) is 21.8. The van der Waals surface area contributed by atoms with Crippen LogP contribution in [0.4, 0.5) is 23.7 Å². The van der Waals surface area contributed by atoms with Crippen LogP contribution in [0.2, 0.25) is 0 Å². The lowest BCUT2D eigenvalue weighted by atomic mass is 10.1. The van der Waals surface area contributed by atoms with Gasteiger partial charge in [-0.05, 0) is 68.4 Å². The van der Waals surface area contributed by atoms with Crippen LogP contribution in [-0.4, -0.2) is 44.5 Å². The SMILES string of the molecule is CCO/N=C(/C(C)=N/N=C/c1ccccc1N(C)C(=O)OC)c1ccc(Oc2ccc(C(F)(F)F)cc2)cc1. The number of nitrogens with zero attached hydrogens (tertiary/aromatic N) is 4. The Morgan fingerprint density at radius 2 is 1.59 bits per heavy atom. The van der Waals surface area contributed by atoms with Crippen molar-refractivity contribution < 1.29 is 32.3 Å². The minimum Gasteiger partial charge on any atom is -0.457 e. The number of carbonyl (C=O) groups is 1. The summed E-state index contributed by atoms with van der Waals surface area (Å²) in [5.41, 5.74) is 2.02. The molecule has 0 saturated carbocycles. The fourth-order valence-corrected chi connectivity index (χ4v) is 3.35. The van der Waals surface area contributed by atoms with Crippen LogP contribution in [0.5, 0.6) is 11.5 Å². The summed E-state index contributed by atoms with van der Waals surface area (Å²) in [4.78, 5) is 18.5. The van der Waals surface area contributed by atoms with Crippen molar-refractivity contribution in [1.82, 2.24) is 0 Å². The summed E-state index contributed by atoms with van der Waals surface area (Å²) in [6.45, 7) is 3.85. The van der Waals surface area contributed by atoms with E-state index >= 15 is 0 Å². The van der Waals surface area contributed by atoms with Gasteiger partial charge in [0.05, 0.1) is 30.3 Å². The number of alkyl halides is 3. The number of amides is 1. The highest BCUT2D eigenvalue weighted by Crippen LogP contribution is 2.31. The third-order valence-electron chi connectivity index (χ3n) is 5.32. The monoisotopic (exact) mass is 540 g/mol. The average Bonchev–Trinajstić information content (AvgIpc) is 2.93. The Labute approximate surface area is 224 Å². The van der Waals surface area contributed by atoms with Gasteiger partial charge in [-0.15, -0.1) is 0 Å². The van der Waals surface area contributed by atoms with E-state index in [0.717, 1.165) is 12.1 Å². The van der Waals surface area contributed by atoms with Gasteiger partial charge in [-0.3, -0.25) is 4.90 Å². The summed E-state index contributed by atoms with van der Waals surface area (Å²) < 4.78 is 48.8. The molecule has 0 atom stereocenters. The standard InChI is InChI=1S/C28H27F3N4O4/c1-5-38-34-26(19(2)33-32-18-21-8-6-7-9-25(21)35(3)27(36)37-4)20-10-14-23(15-11-20)39-24-16-12-22(13-17-24)28(29,30)31/h6-18H,5H2,1-4H3/b32-18+,33-19+,34-26-. The Hall–Kier alpha value is -4.67. The maximum atomic E-state index is 12.8. The molecule has 0 heterocycles. The lowest BCUT2D eigenvalue weighted by molar-refractivity contribution is -0.137. The van der Waals surface area contributed by atoms with E-state index < -0.39 is 17.8 Å². The van der Waals surface area contributed by atoms with Crippen LogP contribution in [-0.2, 0) is 15.8 Å². The first-order valence-corrected chi connectivity index (χ1v) is 11.8. The minimum absolute atomic E-state index is 0.268. The highest BCUT2D eigenvalue weighted by molar-refractivity contribution is 6.47. The highest BCUT2D eigenvalue weighted by atomic mass is 19.4. The van der Waals surface area contributed by atoms with Crippen molar-refractivity contribution in [2.75, 3.05) is 25.7 Å². The Balaban J connectivity index is 1.79. The van der Waals surface area contributed by atoms with Gasteiger partial charge in [0, 0.05) is 18.2 Å². The number of para-hydroxylation sites is 1. The predicted octanol–water partition coefficient (Wildman–Crippen LogP) is 6.94. The number of oxime groups is 1. The van der Waals surface area contributed by atoms with Crippen LogP contribution in [0.15, 0.2) is 88.2 Å². The molecule has 0 fully saturated rings. The molecular weight excluding hydrogens is 513 g/mol. The van der Waals surface area contributed by atoms with E-state index in [1.807, 2.05) is 6.07 Å². The molecule has 3 aromatic carbocycles. The predicted molar refractivity (Wildman–Crippen MR) is 144 cm³/mol. The summed E-state index contributed by atoms with van der Waals surface area (Å²) in [5.74, 6) is 0.692. The van der Waals surface area contributed by atoms with Crippen LogP contribution in [0.3, 0.4) is 0 Å². The van der Waals surface area contributed by atoms with Crippen LogP contribution >= 0.6 is 0 Å². The molecule has 0 saturated heterocycles. The van der Waals surface area contributed by atoms with Gasteiger partial charge in [0.25, 0.3) is 0 Å². The molecule has 8 nitrogen and oxygen atoms in total. The van der Waals surface area contributed by atoms with Gasteiger partial charge in [0.15, 0.2) is 0 Å².